The molecule has 0 radical (unpaired) electrons. The van der Waals surface area contributed by atoms with E-state index >= 15 is 0 Å². The van der Waals surface area contributed by atoms with Crippen molar-refractivity contribution in [3.8, 4) is 0 Å². The van der Waals surface area contributed by atoms with Crippen LogP contribution in [0.1, 0.15) is 78.4 Å². The van der Waals surface area contributed by atoms with E-state index in [0.29, 0.717) is 12.5 Å². The predicted octanol–water partition coefficient (Wildman–Crippen LogP) is 7.46. The smallest absolute Gasteiger partial charge is 0.256 e. The highest BCUT2D eigenvalue weighted by molar-refractivity contribution is 5.49. The molecule has 0 spiro atoms. The number of halogens is 4. The van der Waals surface area contributed by atoms with Gasteiger partial charge >= 0.3 is 0 Å². The van der Waals surface area contributed by atoms with Crippen molar-refractivity contribution in [2.24, 2.45) is 11.8 Å². The van der Waals surface area contributed by atoms with Crippen molar-refractivity contribution in [1.29, 1.82) is 0 Å². The van der Waals surface area contributed by atoms with Crippen LogP contribution >= 0.6 is 0 Å². The lowest BCUT2D eigenvalue weighted by molar-refractivity contribution is -0.166. The molecule has 1 saturated carbocycles. The summed E-state index contributed by atoms with van der Waals surface area (Å²) in [5, 5.41) is 41.8. The number of nitrogens with zero attached hydrogens (tertiary/aromatic N) is 1. The summed E-state index contributed by atoms with van der Waals surface area (Å²) in [6, 6.07) is 13.2. The van der Waals surface area contributed by atoms with Gasteiger partial charge in [-0.2, -0.15) is 0 Å². The van der Waals surface area contributed by atoms with E-state index in [1.165, 1.54) is 30.7 Å². The maximum absolute atomic E-state index is 13.9. The molecular weight excluding hydrogens is 602 g/mol. The molecule has 0 bridgehead atoms. The van der Waals surface area contributed by atoms with E-state index in [-0.39, 0.29) is 30.9 Å². The summed E-state index contributed by atoms with van der Waals surface area (Å²) in [5.74, 6) is -5.27. The van der Waals surface area contributed by atoms with Gasteiger partial charge in [-0.15, -0.1) is 6.58 Å². The van der Waals surface area contributed by atoms with Crippen LogP contribution in [0.3, 0.4) is 0 Å². The third-order valence-electron chi connectivity index (χ3n) is 7.60. The van der Waals surface area contributed by atoms with Gasteiger partial charge in [0.15, 0.2) is 0 Å². The highest BCUT2D eigenvalue weighted by Gasteiger charge is 2.51. The summed E-state index contributed by atoms with van der Waals surface area (Å²) in [5.41, 5.74) is 2.81. The Hall–Kier alpha value is -2.76. The third kappa shape index (κ3) is 16.2. The molecule has 6 nitrogen and oxygen atoms in total. The van der Waals surface area contributed by atoms with E-state index in [1.807, 2.05) is 45.9 Å². The number of benzene rings is 2. The van der Waals surface area contributed by atoms with E-state index in [4.69, 9.17) is 15.3 Å². The summed E-state index contributed by atoms with van der Waals surface area (Å²) < 4.78 is 52.7. The largest absolute Gasteiger partial charge is 0.400 e. The molecule has 5 unspecified atom stereocenters. The Morgan fingerprint density at radius 1 is 0.957 bits per heavy atom. The highest BCUT2D eigenvalue weighted by Crippen LogP contribution is 2.45. The van der Waals surface area contributed by atoms with Gasteiger partial charge in [0, 0.05) is 44.3 Å². The number of anilines is 1. The van der Waals surface area contributed by atoms with Crippen LogP contribution in [0.2, 0.25) is 0 Å². The van der Waals surface area contributed by atoms with Crippen molar-refractivity contribution in [2.45, 2.75) is 90.9 Å². The van der Waals surface area contributed by atoms with E-state index in [1.54, 1.807) is 18.2 Å². The predicted molar refractivity (Wildman–Crippen MR) is 180 cm³/mol. The second-order valence-corrected chi connectivity index (χ2v) is 10.9. The molecule has 4 rings (SSSR count). The summed E-state index contributed by atoms with van der Waals surface area (Å²) in [4.78, 5) is 2.28. The van der Waals surface area contributed by atoms with Crippen LogP contribution in [0.4, 0.5) is 23.2 Å². The zero-order chi connectivity index (χ0) is 35.9. The minimum absolute atomic E-state index is 0.00507. The Balaban J connectivity index is 0. The third-order valence-corrected chi connectivity index (χ3v) is 7.60. The Morgan fingerprint density at radius 2 is 1.41 bits per heavy atom. The van der Waals surface area contributed by atoms with E-state index in [9.17, 15) is 27.8 Å². The van der Waals surface area contributed by atoms with Crippen LogP contribution in [0.25, 0.3) is 0 Å². The number of allylic oxidation sites excluding steroid dienone is 3. The fourth-order valence-corrected chi connectivity index (χ4v) is 4.78. The molecule has 0 amide bonds. The van der Waals surface area contributed by atoms with Gasteiger partial charge in [0.05, 0.1) is 18.8 Å². The highest BCUT2D eigenvalue weighted by atomic mass is 19.3. The molecule has 1 aliphatic heterocycles. The van der Waals surface area contributed by atoms with Gasteiger partial charge in [0.2, 0.25) is 0 Å². The number of alkyl halides is 2. The topological polar surface area (TPSA) is 104 Å². The Bertz CT molecular complexity index is 1070. The molecular formula is C36H57F4NO5. The lowest BCUT2D eigenvalue weighted by Crippen LogP contribution is -2.46. The van der Waals surface area contributed by atoms with E-state index in [2.05, 4.69) is 18.4 Å². The molecule has 1 aliphatic carbocycles. The van der Waals surface area contributed by atoms with Crippen molar-refractivity contribution in [1.82, 2.24) is 0 Å². The Morgan fingerprint density at radius 3 is 1.78 bits per heavy atom. The molecule has 46 heavy (non-hydrogen) atoms. The van der Waals surface area contributed by atoms with Crippen LogP contribution < -0.4 is 4.90 Å². The second kappa shape index (κ2) is 25.3. The Labute approximate surface area is 273 Å². The van der Waals surface area contributed by atoms with E-state index in [0.717, 1.165) is 37.6 Å². The fourth-order valence-electron chi connectivity index (χ4n) is 4.78. The van der Waals surface area contributed by atoms with Crippen molar-refractivity contribution in [3.63, 3.8) is 0 Å². The number of aliphatic hydroxyl groups is 5. The minimum Gasteiger partial charge on any atom is -0.400 e. The average molecular weight is 660 g/mol. The zero-order valence-electron chi connectivity index (χ0n) is 28.5. The lowest BCUT2D eigenvalue weighted by Gasteiger charge is -2.40. The standard InChI is InChI=1S/C12H20F2O2.C10H12FN.C9H11FO.C3H6.2CH4O/c1-3-8(2)4-9-5-11(16)6-10(7-15)12(9,13)14;1-8-6-7-12(8)10-4-2-9(11)3-5-10;1-2-9(11)7-3-5-8(10)6-4-7;1-3-2;2*1-2/h3,9-11,15-16H,4-7H2,1-2H3;2-5,8H,6-7H2,1H3;3-6,9,11H,2H2,1H3;3H,1H2,2H3;2*2H,1H3/b8-3+;;;;;. The number of aliphatic hydroxyl groups excluding tert-OH is 5. The van der Waals surface area contributed by atoms with Crippen LogP contribution in [-0.2, 0) is 0 Å². The molecule has 2 aliphatic rings. The summed E-state index contributed by atoms with van der Waals surface area (Å²) in [6.07, 6.45) is 4.69. The molecule has 1 saturated heterocycles. The molecule has 2 aromatic rings. The number of rotatable bonds is 6. The number of hydrogen-bond donors (Lipinski definition) is 5. The number of hydrogen-bond acceptors (Lipinski definition) is 6. The van der Waals surface area contributed by atoms with Crippen LogP contribution in [0, 0.1) is 23.5 Å². The normalized spacial score (nSPS) is 21.7. The first-order valence-corrected chi connectivity index (χ1v) is 15.5. The summed E-state index contributed by atoms with van der Waals surface area (Å²) in [7, 11) is 2.00. The van der Waals surface area contributed by atoms with Crippen molar-refractivity contribution in [2.75, 3.05) is 32.3 Å². The first kappa shape index (κ1) is 45.4. The lowest BCUT2D eigenvalue weighted by atomic mass is 9.74. The molecule has 1 heterocycles. The molecule has 5 N–H and O–H groups in total. The first-order chi connectivity index (χ1) is 21.8. The average Bonchev–Trinajstić information content (AvgIpc) is 3.05. The molecule has 0 aromatic heterocycles. The first-order valence-electron chi connectivity index (χ1n) is 15.5. The van der Waals surface area contributed by atoms with Gasteiger partial charge in [-0.3, -0.25) is 0 Å². The van der Waals surface area contributed by atoms with Crippen molar-refractivity contribution < 1.29 is 43.1 Å². The molecule has 2 aromatic carbocycles. The maximum Gasteiger partial charge on any atom is 0.256 e. The second-order valence-electron chi connectivity index (χ2n) is 10.9. The molecule has 10 heteroatoms. The Kier molecular flexibility index (Phi) is 25.0. The minimum atomic E-state index is -2.88. The monoisotopic (exact) mass is 659 g/mol. The van der Waals surface area contributed by atoms with Gasteiger partial charge in [-0.05, 0) is 102 Å². The van der Waals surface area contributed by atoms with Gasteiger partial charge in [0.25, 0.3) is 5.92 Å². The SMILES string of the molecule is C/C=C(\C)CC1CC(O)CC(CO)C1(F)F.C=CC.CC1CCN1c1ccc(F)cc1.CCC(O)c1ccc(F)cc1.CO.CO. The van der Waals surface area contributed by atoms with Crippen LogP contribution in [0.15, 0.2) is 72.8 Å². The molecule has 5 atom stereocenters. The summed E-state index contributed by atoms with van der Waals surface area (Å²) >= 11 is 0. The maximum atomic E-state index is 13.9. The van der Waals surface area contributed by atoms with Gasteiger partial charge in [0.1, 0.15) is 11.6 Å². The fraction of sp³-hybridized carbons (Fsp3) is 0.556. The zero-order valence-corrected chi connectivity index (χ0v) is 28.5. The quantitative estimate of drug-likeness (QED) is 0.163. The molecule has 2 fully saturated rings. The molecule has 264 valence electrons. The summed E-state index contributed by atoms with van der Waals surface area (Å²) in [6.45, 7) is 13.5. The van der Waals surface area contributed by atoms with Crippen LogP contribution in [0.5, 0.6) is 0 Å². The van der Waals surface area contributed by atoms with Crippen molar-refractivity contribution in [3.05, 3.63) is 90.0 Å². The van der Waals surface area contributed by atoms with E-state index < -0.39 is 36.6 Å². The van der Waals surface area contributed by atoms with Crippen LogP contribution in [-0.4, -0.2) is 71.0 Å². The van der Waals surface area contributed by atoms with Gasteiger partial charge < -0.3 is 30.4 Å². The van der Waals surface area contributed by atoms with Gasteiger partial charge in [-0.25, -0.2) is 17.6 Å². The van der Waals surface area contributed by atoms with Crippen molar-refractivity contribution >= 4 is 5.69 Å². The van der Waals surface area contributed by atoms with Gasteiger partial charge in [-0.1, -0.05) is 36.8 Å².